The molecule has 1 fully saturated rings. The molecule has 3 heterocycles. The number of halogens is 5. The van der Waals surface area contributed by atoms with Gasteiger partial charge in [-0.25, -0.2) is 18.7 Å². The summed E-state index contributed by atoms with van der Waals surface area (Å²) in [4.78, 5) is 36.0. The van der Waals surface area contributed by atoms with E-state index in [1.54, 1.807) is 41.0 Å². The number of aryl methyl sites for hydroxylation is 1. The number of hydrogen-bond donors (Lipinski definition) is 2. The van der Waals surface area contributed by atoms with Crippen molar-refractivity contribution in [1.29, 1.82) is 0 Å². The number of carbonyl (C=O) groups is 2. The summed E-state index contributed by atoms with van der Waals surface area (Å²) in [6, 6.07) is 6.22. The molecule has 3 aromatic rings. The number of amides is 2. The molecular formula is C23H22F5N7O2S. The highest BCUT2D eigenvalue weighted by atomic mass is 32.1. The van der Waals surface area contributed by atoms with Crippen LogP contribution in [0.25, 0.3) is 0 Å². The second-order valence-electron chi connectivity index (χ2n) is 8.40. The van der Waals surface area contributed by atoms with Crippen molar-refractivity contribution in [2.24, 2.45) is 0 Å². The zero-order valence-electron chi connectivity index (χ0n) is 19.9. The van der Waals surface area contributed by atoms with E-state index in [4.69, 9.17) is 0 Å². The molecule has 0 unspecified atom stereocenters. The van der Waals surface area contributed by atoms with E-state index in [0.717, 1.165) is 17.7 Å². The minimum atomic E-state index is -4.62. The first-order chi connectivity index (χ1) is 18.0. The Balaban J connectivity index is 1.38. The van der Waals surface area contributed by atoms with E-state index < -0.39 is 24.2 Å². The predicted octanol–water partition coefficient (Wildman–Crippen LogP) is 4.28. The summed E-state index contributed by atoms with van der Waals surface area (Å²) in [6.07, 6.45) is -5.54. The first-order valence-electron chi connectivity index (χ1n) is 11.3. The third-order valence-corrected chi connectivity index (χ3v) is 6.57. The molecule has 1 aromatic carbocycles. The number of piperazine rings is 1. The van der Waals surface area contributed by atoms with Gasteiger partial charge in [0.15, 0.2) is 5.69 Å². The van der Waals surface area contributed by atoms with Crippen LogP contribution in [0, 0.1) is 6.92 Å². The standard InChI is InChI=1S/C23H22F5N7O2S/c1-13-19(21(38-33-13)32-18-11-29-16(10-30-18)23(26,27)28)20(36)31-15-4-2-14(3-5-15)22(37)35-8-6-34(7-9-35)12-17(24)25/h2-5,10-11,17H,6-9,12H2,1H3,(H,30,32)(H,31,36). The monoisotopic (exact) mass is 555 g/mol. The number of nitrogens with one attached hydrogen (secondary N) is 2. The Kier molecular flexibility index (Phi) is 8.16. The van der Waals surface area contributed by atoms with Gasteiger partial charge in [0.25, 0.3) is 18.2 Å². The normalized spacial score (nSPS) is 14.6. The molecular weight excluding hydrogens is 533 g/mol. The minimum absolute atomic E-state index is 0.00797. The molecule has 0 radical (unpaired) electrons. The highest BCUT2D eigenvalue weighted by molar-refractivity contribution is 7.10. The topological polar surface area (TPSA) is 103 Å². The maximum absolute atomic E-state index is 13.0. The third kappa shape index (κ3) is 6.58. The van der Waals surface area contributed by atoms with Gasteiger partial charge in [-0.2, -0.15) is 17.5 Å². The lowest BCUT2D eigenvalue weighted by atomic mass is 10.1. The van der Waals surface area contributed by atoms with Gasteiger partial charge in [0.05, 0.1) is 30.2 Å². The second-order valence-corrected chi connectivity index (χ2v) is 9.17. The summed E-state index contributed by atoms with van der Waals surface area (Å²) in [5.74, 6) is -0.747. The van der Waals surface area contributed by atoms with E-state index in [2.05, 4.69) is 25.0 Å². The van der Waals surface area contributed by atoms with Crippen LogP contribution in [0.5, 0.6) is 0 Å². The van der Waals surface area contributed by atoms with Crippen LogP contribution in [0.1, 0.15) is 32.1 Å². The average Bonchev–Trinajstić information content (AvgIpc) is 3.23. The Morgan fingerprint density at radius 1 is 1.05 bits per heavy atom. The molecule has 0 bridgehead atoms. The summed E-state index contributed by atoms with van der Waals surface area (Å²) in [5, 5.41) is 5.75. The van der Waals surface area contributed by atoms with E-state index in [-0.39, 0.29) is 28.8 Å². The minimum Gasteiger partial charge on any atom is -0.336 e. The molecule has 4 rings (SSSR count). The molecule has 2 N–H and O–H groups in total. The van der Waals surface area contributed by atoms with Crippen LogP contribution in [0.15, 0.2) is 36.7 Å². The van der Waals surface area contributed by atoms with Gasteiger partial charge in [0, 0.05) is 37.4 Å². The average molecular weight is 556 g/mol. The Labute approximate surface area is 217 Å². The zero-order valence-corrected chi connectivity index (χ0v) is 20.7. The van der Waals surface area contributed by atoms with E-state index in [1.807, 2.05) is 0 Å². The number of carbonyl (C=O) groups excluding carboxylic acids is 2. The van der Waals surface area contributed by atoms with Crippen molar-refractivity contribution in [2.75, 3.05) is 43.4 Å². The van der Waals surface area contributed by atoms with Gasteiger partial charge < -0.3 is 15.5 Å². The smallest absolute Gasteiger partial charge is 0.336 e. The molecule has 0 saturated carbocycles. The summed E-state index contributed by atoms with van der Waals surface area (Å²) < 4.78 is 67.4. The molecule has 1 aliphatic rings. The Morgan fingerprint density at radius 3 is 2.32 bits per heavy atom. The van der Waals surface area contributed by atoms with E-state index >= 15 is 0 Å². The molecule has 1 aliphatic heterocycles. The highest BCUT2D eigenvalue weighted by Gasteiger charge is 2.33. The van der Waals surface area contributed by atoms with Crippen LogP contribution in [0.2, 0.25) is 0 Å². The molecule has 0 spiro atoms. The van der Waals surface area contributed by atoms with Gasteiger partial charge in [-0.15, -0.1) is 0 Å². The largest absolute Gasteiger partial charge is 0.434 e. The van der Waals surface area contributed by atoms with Crippen LogP contribution in [-0.4, -0.2) is 75.1 Å². The highest BCUT2D eigenvalue weighted by Crippen LogP contribution is 2.30. The Bertz CT molecular complexity index is 1270. The van der Waals surface area contributed by atoms with Crippen molar-refractivity contribution < 1.29 is 31.5 Å². The summed E-state index contributed by atoms with van der Waals surface area (Å²) in [6.45, 7) is 2.71. The summed E-state index contributed by atoms with van der Waals surface area (Å²) in [7, 11) is 0. The van der Waals surface area contributed by atoms with Crippen molar-refractivity contribution in [3.8, 4) is 0 Å². The number of rotatable bonds is 7. The number of nitrogens with zero attached hydrogens (tertiary/aromatic N) is 5. The molecule has 0 atom stereocenters. The van der Waals surface area contributed by atoms with Gasteiger partial charge in [0.2, 0.25) is 0 Å². The van der Waals surface area contributed by atoms with E-state index in [1.165, 1.54) is 0 Å². The second kappa shape index (κ2) is 11.3. The fourth-order valence-corrected chi connectivity index (χ4v) is 4.58. The quantitative estimate of drug-likeness (QED) is 0.420. The molecule has 0 aliphatic carbocycles. The first kappa shape index (κ1) is 27.3. The lowest BCUT2D eigenvalue weighted by Gasteiger charge is -2.34. The van der Waals surface area contributed by atoms with Crippen LogP contribution >= 0.6 is 11.5 Å². The van der Waals surface area contributed by atoms with Crippen molar-refractivity contribution in [2.45, 2.75) is 19.5 Å². The molecule has 9 nitrogen and oxygen atoms in total. The zero-order chi connectivity index (χ0) is 27.4. The fraction of sp³-hybridized carbons (Fsp3) is 0.348. The lowest BCUT2D eigenvalue weighted by Crippen LogP contribution is -2.49. The number of alkyl halides is 5. The Hall–Kier alpha value is -3.72. The number of aromatic nitrogens is 3. The summed E-state index contributed by atoms with van der Waals surface area (Å²) >= 11 is 0.938. The fourth-order valence-electron chi connectivity index (χ4n) is 3.78. The molecule has 15 heteroatoms. The van der Waals surface area contributed by atoms with Crippen LogP contribution in [0.4, 0.5) is 38.5 Å². The van der Waals surface area contributed by atoms with Crippen molar-refractivity contribution >= 4 is 39.9 Å². The van der Waals surface area contributed by atoms with Gasteiger partial charge in [0.1, 0.15) is 10.8 Å². The first-order valence-corrected chi connectivity index (χ1v) is 12.1. The predicted molar refractivity (Wildman–Crippen MR) is 130 cm³/mol. The number of benzene rings is 1. The van der Waals surface area contributed by atoms with E-state index in [9.17, 15) is 31.5 Å². The van der Waals surface area contributed by atoms with Crippen molar-refractivity contribution in [3.63, 3.8) is 0 Å². The van der Waals surface area contributed by atoms with E-state index in [0.29, 0.717) is 49.3 Å². The van der Waals surface area contributed by atoms with Gasteiger partial charge in [-0.1, -0.05) is 0 Å². The summed E-state index contributed by atoms with van der Waals surface area (Å²) in [5.41, 5.74) is 0.227. The van der Waals surface area contributed by atoms with Crippen molar-refractivity contribution in [3.05, 3.63) is 59.2 Å². The Morgan fingerprint density at radius 2 is 1.74 bits per heavy atom. The lowest BCUT2D eigenvalue weighted by molar-refractivity contribution is -0.141. The maximum Gasteiger partial charge on any atom is 0.434 e. The molecule has 2 aromatic heterocycles. The van der Waals surface area contributed by atoms with Crippen LogP contribution < -0.4 is 10.6 Å². The van der Waals surface area contributed by atoms with Gasteiger partial charge >= 0.3 is 6.18 Å². The molecule has 202 valence electrons. The van der Waals surface area contributed by atoms with Gasteiger partial charge in [-0.3, -0.25) is 14.5 Å². The van der Waals surface area contributed by atoms with Crippen molar-refractivity contribution in [1.82, 2.24) is 24.1 Å². The SMILES string of the molecule is Cc1nsc(Nc2cnc(C(F)(F)F)cn2)c1C(=O)Nc1ccc(C(=O)N2CCN(CC(F)F)CC2)cc1. The third-order valence-electron chi connectivity index (χ3n) is 5.72. The van der Waals surface area contributed by atoms with Crippen LogP contribution in [-0.2, 0) is 6.18 Å². The molecule has 38 heavy (non-hydrogen) atoms. The number of hydrogen-bond acceptors (Lipinski definition) is 8. The number of anilines is 3. The van der Waals surface area contributed by atoms with Gasteiger partial charge in [-0.05, 0) is 42.7 Å². The van der Waals surface area contributed by atoms with Crippen LogP contribution in [0.3, 0.4) is 0 Å². The molecule has 2 amide bonds. The molecule has 1 saturated heterocycles. The maximum atomic E-state index is 13.0.